The van der Waals surface area contributed by atoms with Gasteiger partial charge in [-0.1, -0.05) is 20.3 Å². The number of nitrogens with one attached hydrogen (secondary N) is 1. The molecule has 122 valence electrons. The van der Waals surface area contributed by atoms with Gasteiger partial charge in [0.15, 0.2) is 5.79 Å². The molecule has 3 aliphatic rings. The quantitative estimate of drug-likeness (QED) is 0.867. The first-order valence-corrected chi connectivity index (χ1v) is 8.79. The van der Waals surface area contributed by atoms with E-state index in [2.05, 4.69) is 31.1 Å². The minimum atomic E-state index is -0.274. The molecule has 4 nitrogen and oxygen atoms in total. The van der Waals surface area contributed by atoms with Gasteiger partial charge >= 0.3 is 0 Å². The Balaban J connectivity index is 1.66. The van der Waals surface area contributed by atoms with Crippen LogP contribution in [0.25, 0.3) is 0 Å². The fourth-order valence-corrected chi connectivity index (χ4v) is 4.36. The third-order valence-corrected chi connectivity index (χ3v) is 6.33. The third kappa shape index (κ3) is 3.14. The molecule has 0 amide bonds. The Labute approximate surface area is 129 Å². The van der Waals surface area contributed by atoms with Crippen molar-refractivity contribution in [3.63, 3.8) is 0 Å². The Hall–Kier alpha value is -0.160. The SMILES string of the molecule is CCC1(C)CCN(C2CC3(CCC2NC)OCCO3)CC1. The monoisotopic (exact) mass is 296 g/mol. The molecule has 2 atom stereocenters. The highest BCUT2D eigenvalue weighted by Crippen LogP contribution is 2.41. The van der Waals surface area contributed by atoms with Gasteiger partial charge in [0.05, 0.1) is 13.2 Å². The number of hydrogen-bond donors (Lipinski definition) is 1. The van der Waals surface area contributed by atoms with Gasteiger partial charge in [0.1, 0.15) is 0 Å². The Kier molecular flexibility index (Phi) is 4.60. The van der Waals surface area contributed by atoms with Crippen LogP contribution in [0.2, 0.25) is 0 Å². The van der Waals surface area contributed by atoms with Crippen molar-refractivity contribution in [3.05, 3.63) is 0 Å². The van der Waals surface area contributed by atoms with Gasteiger partial charge in [-0.05, 0) is 44.8 Å². The van der Waals surface area contributed by atoms with E-state index in [0.29, 0.717) is 17.5 Å². The lowest BCUT2D eigenvalue weighted by Crippen LogP contribution is -2.59. The summed E-state index contributed by atoms with van der Waals surface area (Å²) < 4.78 is 12.0. The highest BCUT2D eigenvalue weighted by molar-refractivity contribution is 4.97. The highest BCUT2D eigenvalue weighted by Gasteiger charge is 2.47. The zero-order valence-electron chi connectivity index (χ0n) is 14.0. The van der Waals surface area contributed by atoms with Crippen molar-refractivity contribution in [1.29, 1.82) is 0 Å². The van der Waals surface area contributed by atoms with Gasteiger partial charge in [-0.2, -0.15) is 0 Å². The smallest absolute Gasteiger partial charge is 0.170 e. The van der Waals surface area contributed by atoms with Gasteiger partial charge in [0, 0.05) is 24.9 Å². The van der Waals surface area contributed by atoms with Gasteiger partial charge in [-0.15, -0.1) is 0 Å². The Morgan fingerprint density at radius 3 is 2.38 bits per heavy atom. The van der Waals surface area contributed by atoms with Crippen molar-refractivity contribution in [1.82, 2.24) is 10.2 Å². The lowest BCUT2D eigenvalue weighted by molar-refractivity contribution is -0.194. The number of likely N-dealkylation sites (tertiary alicyclic amines) is 1. The second kappa shape index (κ2) is 6.15. The predicted octanol–water partition coefficient (Wildman–Crippen LogP) is 2.38. The van der Waals surface area contributed by atoms with E-state index in [1.54, 1.807) is 0 Å². The van der Waals surface area contributed by atoms with Crippen LogP contribution >= 0.6 is 0 Å². The molecule has 0 aromatic carbocycles. The number of nitrogens with zero attached hydrogens (tertiary/aromatic N) is 1. The highest BCUT2D eigenvalue weighted by atomic mass is 16.7. The predicted molar refractivity (Wildman–Crippen MR) is 84.3 cm³/mol. The zero-order valence-corrected chi connectivity index (χ0v) is 14.0. The van der Waals surface area contributed by atoms with Crippen LogP contribution in [0, 0.1) is 5.41 Å². The molecule has 0 aromatic rings. The standard InChI is InChI=1S/C17H32N2O2/c1-4-16(2)7-9-19(10-8-16)15-13-17(20-11-12-21-17)6-5-14(15)18-3/h14-15,18H,4-13H2,1-3H3. The molecule has 0 radical (unpaired) electrons. The summed E-state index contributed by atoms with van der Waals surface area (Å²) in [5.41, 5.74) is 0.554. The maximum absolute atomic E-state index is 5.98. The molecule has 1 saturated carbocycles. The molecule has 1 aliphatic carbocycles. The number of piperidine rings is 1. The molecular weight excluding hydrogens is 264 g/mol. The first-order valence-electron chi connectivity index (χ1n) is 8.79. The topological polar surface area (TPSA) is 33.7 Å². The summed E-state index contributed by atoms with van der Waals surface area (Å²) in [6, 6.07) is 1.14. The van der Waals surface area contributed by atoms with E-state index in [1.807, 2.05) is 0 Å². The maximum atomic E-state index is 5.98. The molecular formula is C17H32N2O2. The van der Waals surface area contributed by atoms with Crippen LogP contribution in [-0.4, -0.2) is 56.1 Å². The van der Waals surface area contributed by atoms with Crippen molar-refractivity contribution < 1.29 is 9.47 Å². The lowest BCUT2D eigenvalue weighted by atomic mass is 9.76. The van der Waals surface area contributed by atoms with Crippen LogP contribution in [0.4, 0.5) is 0 Å². The summed E-state index contributed by atoms with van der Waals surface area (Å²) in [7, 11) is 2.10. The summed E-state index contributed by atoms with van der Waals surface area (Å²) in [6.07, 6.45) is 7.17. The molecule has 2 saturated heterocycles. The van der Waals surface area contributed by atoms with Gasteiger partial charge < -0.3 is 14.8 Å². The minimum absolute atomic E-state index is 0.274. The van der Waals surface area contributed by atoms with Crippen molar-refractivity contribution in [2.24, 2.45) is 5.41 Å². The molecule has 2 unspecified atom stereocenters. The summed E-state index contributed by atoms with van der Waals surface area (Å²) in [5, 5.41) is 3.54. The molecule has 3 fully saturated rings. The first-order chi connectivity index (χ1) is 10.1. The van der Waals surface area contributed by atoms with Crippen molar-refractivity contribution in [3.8, 4) is 0 Å². The molecule has 1 spiro atoms. The number of rotatable bonds is 3. The van der Waals surface area contributed by atoms with E-state index >= 15 is 0 Å². The van der Waals surface area contributed by atoms with E-state index < -0.39 is 0 Å². The van der Waals surface area contributed by atoms with Crippen LogP contribution in [-0.2, 0) is 9.47 Å². The molecule has 0 bridgehead atoms. The lowest BCUT2D eigenvalue weighted by Gasteiger charge is -2.49. The van der Waals surface area contributed by atoms with E-state index in [1.165, 1.54) is 32.4 Å². The molecule has 1 N–H and O–H groups in total. The van der Waals surface area contributed by atoms with E-state index in [-0.39, 0.29) is 5.79 Å². The Bertz CT molecular complexity index is 347. The van der Waals surface area contributed by atoms with Crippen LogP contribution in [0.3, 0.4) is 0 Å². The largest absolute Gasteiger partial charge is 0.347 e. The van der Waals surface area contributed by atoms with Gasteiger partial charge in [-0.25, -0.2) is 0 Å². The first kappa shape index (κ1) is 15.7. The van der Waals surface area contributed by atoms with Crippen LogP contribution in [0.15, 0.2) is 0 Å². The molecule has 3 rings (SSSR count). The fraction of sp³-hybridized carbons (Fsp3) is 1.00. The van der Waals surface area contributed by atoms with E-state index in [0.717, 1.165) is 32.5 Å². The molecule has 0 aromatic heterocycles. The molecule has 21 heavy (non-hydrogen) atoms. The maximum Gasteiger partial charge on any atom is 0.170 e. The Morgan fingerprint density at radius 2 is 1.81 bits per heavy atom. The van der Waals surface area contributed by atoms with Gasteiger partial charge in [0.2, 0.25) is 0 Å². The van der Waals surface area contributed by atoms with Gasteiger partial charge in [0.25, 0.3) is 0 Å². The van der Waals surface area contributed by atoms with Gasteiger partial charge in [-0.3, -0.25) is 4.90 Å². The van der Waals surface area contributed by atoms with E-state index in [4.69, 9.17) is 9.47 Å². The molecule has 2 heterocycles. The van der Waals surface area contributed by atoms with E-state index in [9.17, 15) is 0 Å². The summed E-state index contributed by atoms with van der Waals surface area (Å²) >= 11 is 0. The summed E-state index contributed by atoms with van der Waals surface area (Å²) in [4.78, 5) is 2.70. The Morgan fingerprint density at radius 1 is 1.14 bits per heavy atom. The van der Waals surface area contributed by atoms with Crippen molar-refractivity contribution in [2.75, 3.05) is 33.4 Å². The second-order valence-electron chi connectivity index (χ2n) is 7.51. The zero-order chi connectivity index (χ0) is 14.9. The van der Waals surface area contributed by atoms with Crippen molar-refractivity contribution in [2.45, 2.75) is 70.2 Å². The fourth-order valence-electron chi connectivity index (χ4n) is 4.36. The molecule has 4 heteroatoms. The minimum Gasteiger partial charge on any atom is -0.347 e. The van der Waals surface area contributed by atoms with Crippen LogP contribution in [0.1, 0.15) is 52.4 Å². The average Bonchev–Trinajstić information content (AvgIpc) is 2.96. The van der Waals surface area contributed by atoms with Crippen LogP contribution in [0.5, 0.6) is 0 Å². The van der Waals surface area contributed by atoms with Crippen LogP contribution < -0.4 is 5.32 Å². The number of likely N-dealkylation sites (N-methyl/N-ethyl adjacent to an activating group) is 1. The summed E-state index contributed by atoms with van der Waals surface area (Å²) in [5.74, 6) is -0.274. The third-order valence-electron chi connectivity index (χ3n) is 6.33. The number of ether oxygens (including phenoxy) is 2. The summed E-state index contributed by atoms with van der Waals surface area (Å²) in [6.45, 7) is 8.77. The molecule has 2 aliphatic heterocycles. The average molecular weight is 296 g/mol. The van der Waals surface area contributed by atoms with Crippen molar-refractivity contribution >= 4 is 0 Å². The second-order valence-corrected chi connectivity index (χ2v) is 7.51. The number of hydrogen-bond acceptors (Lipinski definition) is 4. The normalized spacial score (nSPS) is 36.1.